The molecular weight excluding hydrogens is 220 g/mol. The van der Waals surface area contributed by atoms with Crippen molar-refractivity contribution in [3.63, 3.8) is 0 Å². The van der Waals surface area contributed by atoms with Gasteiger partial charge in [0, 0.05) is 17.6 Å². The topological polar surface area (TPSA) is 88.5 Å². The van der Waals surface area contributed by atoms with E-state index in [1.165, 1.54) is 0 Å². The van der Waals surface area contributed by atoms with Crippen molar-refractivity contribution in [3.8, 4) is 0 Å². The lowest BCUT2D eigenvalue weighted by atomic mass is 10.2. The number of benzene rings is 1. The maximum absolute atomic E-state index is 11.7. The Bertz CT molecular complexity index is 546. The Morgan fingerprint density at radius 3 is 3.00 bits per heavy atom. The summed E-state index contributed by atoms with van der Waals surface area (Å²) >= 11 is 0. The molecule has 0 saturated heterocycles. The monoisotopic (exact) mass is 234 g/mol. The van der Waals surface area contributed by atoms with Crippen LogP contribution in [-0.4, -0.2) is 23.7 Å². The van der Waals surface area contributed by atoms with Crippen LogP contribution < -0.4 is 11.1 Å². The van der Waals surface area contributed by atoms with E-state index in [0.717, 1.165) is 5.39 Å². The molecule has 1 heterocycles. The minimum atomic E-state index is -0.584. The average molecular weight is 234 g/mol. The summed E-state index contributed by atoms with van der Waals surface area (Å²) in [4.78, 5) is 11.7. The minimum Gasteiger partial charge on any atom is -0.451 e. The molecule has 4 N–H and O–H groups in total. The third kappa shape index (κ3) is 2.57. The molecule has 0 saturated carbocycles. The van der Waals surface area contributed by atoms with Gasteiger partial charge in [-0.25, -0.2) is 0 Å². The van der Waals surface area contributed by atoms with Gasteiger partial charge in [-0.05, 0) is 31.2 Å². The fraction of sp³-hybridized carbons (Fsp3) is 0.250. The van der Waals surface area contributed by atoms with Crippen LogP contribution >= 0.6 is 0 Å². The van der Waals surface area contributed by atoms with Crippen LogP contribution in [-0.2, 0) is 0 Å². The summed E-state index contributed by atoms with van der Waals surface area (Å²) in [5, 5.41) is 12.4. The Kier molecular flexibility index (Phi) is 3.01. The zero-order valence-corrected chi connectivity index (χ0v) is 9.43. The van der Waals surface area contributed by atoms with Crippen molar-refractivity contribution in [2.24, 2.45) is 0 Å². The Morgan fingerprint density at radius 2 is 2.29 bits per heavy atom. The Hall–Kier alpha value is -2.01. The van der Waals surface area contributed by atoms with Gasteiger partial charge >= 0.3 is 0 Å². The van der Waals surface area contributed by atoms with Gasteiger partial charge in [-0.3, -0.25) is 4.79 Å². The van der Waals surface area contributed by atoms with Crippen molar-refractivity contribution in [1.29, 1.82) is 0 Å². The van der Waals surface area contributed by atoms with Crippen molar-refractivity contribution in [3.05, 3.63) is 30.0 Å². The minimum absolute atomic E-state index is 0.192. The molecule has 0 bridgehead atoms. The highest BCUT2D eigenvalue weighted by molar-refractivity contribution is 5.96. The van der Waals surface area contributed by atoms with Gasteiger partial charge in [0.15, 0.2) is 5.76 Å². The first-order valence-electron chi connectivity index (χ1n) is 5.31. The first-order valence-corrected chi connectivity index (χ1v) is 5.31. The number of hydrogen-bond donors (Lipinski definition) is 3. The summed E-state index contributed by atoms with van der Waals surface area (Å²) in [5.74, 6) is -0.132. The zero-order chi connectivity index (χ0) is 12.4. The van der Waals surface area contributed by atoms with Crippen LogP contribution in [0.15, 0.2) is 28.7 Å². The smallest absolute Gasteiger partial charge is 0.287 e. The molecule has 5 heteroatoms. The summed E-state index contributed by atoms with van der Waals surface area (Å²) in [7, 11) is 0. The van der Waals surface area contributed by atoms with Crippen LogP contribution in [0.1, 0.15) is 17.5 Å². The number of fused-ring (bicyclic) bond motifs is 1. The first-order chi connectivity index (χ1) is 8.06. The van der Waals surface area contributed by atoms with Crippen LogP contribution in [0.5, 0.6) is 0 Å². The zero-order valence-electron chi connectivity index (χ0n) is 9.43. The second kappa shape index (κ2) is 4.47. The molecule has 0 fully saturated rings. The molecule has 0 aliphatic rings. The molecule has 5 nitrogen and oxygen atoms in total. The second-order valence-corrected chi connectivity index (χ2v) is 3.97. The van der Waals surface area contributed by atoms with E-state index in [-0.39, 0.29) is 18.2 Å². The molecular formula is C12H14N2O3. The molecule has 1 atom stereocenters. The number of rotatable bonds is 3. The Morgan fingerprint density at radius 1 is 1.53 bits per heavy atom. The van der Waals surface area contributed by atoms with E-state index >= 15 is 0 Å². The lowest BCUT2D eigenvalue weighted by Crippen LogP contribution is -2.30. The number of nitrogens with two attached hydrogens (primary N) is 1. The quantitative estimate of drug-likeness (QED) is 0.694. The van der Waals surface area contributed by atoms with Crippen molar-refractivity contribution in [2.75, 3.05) is 12.3 Å². The van der Waals surface area contributed by atoms with E-state index in [9.17, 15) is 4.79 Å². The molecule has 0 unspecified atom stereocenters. The predicted octanol–water partition coefficient (Wildman–Crippen LogP) is 1.13. The van der Waals surface area contributed by atoms with Crippen LogP contribution in [0.2, 0.25) is 0 Å². The third-order valence-corrected chi connectivity index (χ3v) is 2.32. The fourth-order valence-electron chi connectivity index (χ4n) is 1.50. The van der Waals surface area contributed by atoms with E-state index in [2.05, 4.69) is 5.32 Å². The molecule has 0 aliphatic heterocycles. The summed E-state index contributed by atoms with van der Waals surface area (Å²) < 4.78 is 5.37. The van der Waals surface area contributed by atoms with Gasteiger partial charge in [0.1, 0.15) is 5.58 Å². The highest BCUT2D eigenvalue weighted by Gasteiger charge is 2.12. The number of nitrogens with one attached hydrogen (secondary N) is 1. The number of aliphatic hydroxyl groups is 1. The molecule has 1 aromatic heterocycles. The average Bonchev–Trinajstić information content (AvgIpc) is 2.68. The van der Waals surface area contributed by atoms with E-state index in [1.807, 2.05) is 0 Å². The Labute approximate surface area is 98.2 Å². The predicted molar refractivity (Wildman–Crippen MR) is 64.6 cm³/mol. The van der Waals surface area contributed by atoms with Crippen LogP contribution in [0, 0.1) is 0 Å². The molecule has 0 radical (unpaired) electrons. The number of anilines is 1. The number of hydrogen-bond acceptors (Lipinski definition) is 4. The molecule has 17 heavy (non-hydrogen) atoms. The number of nitrogen functional groups attached to an aromatic ring is 1. The lowest BCUT2D eigenvalue weighted by molar-refractivity contribution is 0.0899. The van der Waals surface area contributed by atoms with Gasteiger partial charge in [0.25, 0.3) is 5.91 Å². The highest BCUT2D eigenvalue weighted by atomic mass is 16.3. The number of carbonyl (C=O) groups is 1. The van der Waals surface area contributed by atoms with Crippen LogP contribution in [0.3, 0.4) is 0 Å². The van der Waals surface area contributed by atoms with E-state index < -0.39 is 6.10 Å². The van der Waals surface area contributed by atoms with Crippen molar-refractivity contribution in [1.82, 2.24) is 5.32 Å². The second-order valence-electron chi connectivity index (χ2n) is 3.97. The number of amides is 1. The third-order valence-electron chi connectivity index (χ3n) is 2.32. The van der Waals surface area contributed by atoms with Crippen molar-refractivity contribution in [2.45, 2.75) is 13.0 Å². The van der Waals surface area contributed by atoms with Crippen LogP contribution in [0.4, 0.5) is 5.69 Å². The Balaban J connectivity index is 2.21. The van der Waals surface area contributed by atoms with Gasteiger partial charge in [-0.2, -0.15) is 0 Å². The van der Waals surface area contributed by atoms with Crippen molar-refractivity contribution >= 4 is 22.6 Å². The van der Waals surface area contributed by atoms with E-state index in [1.54, 1.807) is 31.2 Å². The molecule has 1 amide bonds. The molecule has 90 valence electrons. The maximum atomic E-state index is 11.7. The number of aliphatic hydroxyl groups excluding tert-OH is 1. The fourth-order valence-corrected chi connectivity index (χ4v) is 1.50. The normalized spacial score (nSPS) is 12.6. The summed E-state index contributed by atoms with van der Waals surface area (Å²) in [6, 6.07) is 6.80. The lowest BCUT2D eigenvalue weighted by Gasteiger charge is -2.04. The van der Waals surface area contributed by atoms with Gasteiger partial charge < -0.3 is 20.6 Å². The highest BCUT2D eigenvalue weighted by Crippen LogP contribution is 2.21. The SMILES string of the molecule is C[C@H](O)CNC(=O)c1cc2cc(N)ccc2o1. The summed E-state index contributed by atoms with van der Waals surface area (Å²) in [5.41, 5.74) is 6.86. The summed E-state index contributed by atoms with van der Waals surface area (Å²) in [6.07, 6.45) is -0.584. The molecule has 2 rings (SSSR count). The largest absolute Gasteiger partial charge is 0.451 e. The molecule has 0 spiro atoms. The molecule has 0 aliphatic carbocycles. The molecule has 2 aromatic rings. The number of carbonyl (C=O) groups excluding carboxylic acids is 1. The maximum Gasteiger partial charge on any atom is 0.287 e. The van der Waals surface area contributed by atoms with Crippen molar-refractivity contribution < 1.29 is 14.3 Å². The van der Waals surface area contributed by atoms with Gasteiger partial charge in [0.05, 0.1) is 6.10 Å². The van der Waals surface area contributed by atoms with Crippen LogP contribution in [0.25, 0.3) is 11.0 Å². The number of furan rings is 1. The first kappa shape index (κ1) is 11.5. The summed E-state index contributed by atoms with van der Waals surface area (Å²) in [6.45, 7) is 1.79. The molecule has 1 aromatic carbocycles. The van der Waals surface area contributed by atoms with E-state index in [0.29, 0.717) is 11.3 Å². The van der Waals surface area contributed by atoms with E-state index in [4.69, 9.17) is 15.3 Å². The standard InChI is InChI=1S/C12H14N2O3/c1-7(15)6-14-12(16)11-5-8-4-9(13)2-3-10(8)17-11/h2-5,7,15H,6,13H2,1H3,(H,14,16)/t7-/m0/s1. The van der Waals surface area contributed by atoms with Gasteiger partial charge in [0.2, 0.25) is 0 Å². The van der Waals surface area contributed by atoms with Gasteiger partial charge in [-0.15, -0.1) is 0 Å². The van der Waals surface area contributed by atoms with Gasteiger partial charge in [-0.1, -0.05) is 0 Å².